The van der Waals surface area contributed by atoms with Gasteiger partial charge in [-0.2, -0.15) is 0 Å². The maximum Gasteiger partial charge on any atom is 0.348 e. The first-order chi connectivity index (χ1) is 12.0. The predicted molar refractivity (Wildman–Crippen MR) is 102 cm³/mol. The third kappa shape index (κ3) is 3.76. The Morgan fingerprint density at radius 1 is 1.31 bits per heavy atom. The highest BCUT2D eigenvalue weighted by molar-refractivity contribution is 7.20. The van der Waals surface area contributed by atoms with Crippen molar-refractivity contribution >= 4 is 57.4 Å². The van der Waals surface area contributed by atoms with E-state index >= 15 is 0 Å². The number of aromatic nitrogens is 2. The van der Waals surface area contributed by atoms with Gasteiger partial charge in [-0.15, -0.1) is 23.7 Å². The van der Waals surface area contributed by atoms with Crippen LogP contribution in [-0.2, 0) is 4.74 Å². The molecule has 0 radical (unpaired) electrons. The number of esters is 1. The Morgan fingerprint density at radius 2 is 2.08 bits per heavy atom. The van der Waals surface area contributed by atoms with Gasteiger partial charge in [-0.3, -0.25) is 0 Å². The quantitative estimate of drug-likeness (QED) is 0.630. The Kier molecular flexibility index (Phi) is 6.12. The summed E-state index contributed by atoms with van der Waals surface area (Å²) in [6, 6.07) is 6.42. The number of benzene rings is 1. The number of ether oxygens (including phenoxy) is 1. The summed E-state index contributed by atoms with van der Waals surface area (Å²) in [5.74, 6) is -0.883. The van der Waals surface area contributed by atoms with Gasteiger partial charge in [0.25, 0.3) is 0 Å². The lowest BCUT2D eigenvalue weighted by Crippen LogP contribution is -2.03. The molecule has 26 heavy (non-hydrogen) atoms. The van der Waals surface area contributed by atoms with Crippen LogP contribution in [0.15, 0.2) is 30.6 Å². The Hall–Kier alpha value is -2.71. The van der Waals surface area contributed by atoms with Crippen LogP contribution in [0, 0.1) is 6.92 Å². The molecule has 0 aliphatic carbocycles. The van der Waals surface area contributed by atoms with Gasteiger partial charge in [-0.1, -0.05) is 6.07 Å². The summed E-state index contributed by atoms with van der Waals surface area (Å²) in [6.07, 6.45) is 1.40. The van der Waals surface area contributed by atoms with E-state index in [0.717, 1.165) is 10.9 Å². The fourth-order valence-corrected chi connectivity index (χ4v) is 3.47. The van der Waals surface area contributed by atoms with Gasteiger partial charge < -0.3 is 15.2 Å². The first kappa shape index (κ1) is 19.6. The van der Waals surface area contributed by atoms with Crippen molar-refractivity contribution in [3.63, 3.8) is 0 Å². The summed E-state index contributed by atoms with van der Waals surface area (Å²) >= 11 is 1.24. The molecule has 0 unspecified atom stereocenters. The standard InChI is InChI=1S/C17H15N3O4S.ClH/c1-3-24-17(23)13-9(2)12-14(18-8-19-15(12)25-13)20-11-6-4-5-10(7-11)16(21)22;/h4-8H,3H2,1-2H3,(H,21,22)(H,18,19,20);1H. The Labute approximate surface area is 159 Å². The monoisotopic (exact) mass is 393 g/mol. The normalized spacial score (nSPS) is 10.2. The van der Waals surface area contributed by atoms with Gasteiger partial charge in [-0.05, 0) is 37.6 Å². The van der Waals surface area contributed by atoms with Crippen LogP contribution in [0.25, 0.3) is 10.2 Å². The fourth-order valence-electron chi connectivity index (χ4n) is 2.42. The van der Waals surface area contributed by atoms with Gasteiger partial charge in [-0.25, -0.2) is 19.6 Å². The van der Waals surface area contributed by atoms with Crippen LogP contribution in [0.5, 0.6) is 0 Å². The number of aromatic carboxylic acids is 1. The van der Waals surface area contributed by atoms with E-state index in [0.29, 0.717) is 27.8 Å². The van der Waals surface area contributed by atoms with E-state index in [2.05, 4.69) is 15.3 Å². The number of nitrogens with zero attached hydrogens (tertiary/aromatic N) is 2. The number of nitrogens with one attached hydrogen (secondary N) is 1. The molecule has 0 bridgehead atoms. The molecule has 2 N–H and O–H groups in total. The van der Waals surface area contributed by atoms with Crippen LogP contribution in [0.3, 0.4) is 0 Å². The summed E-state index contributed by atoms with van der Waals surface area (Å²) in [7, 11) is 0. The summed E-state index contributed by atoms with van der Waals surface area (Å²) < 4.78 is 5.08. The molecule has 2 heterocycles. The number of halogens is 1. The number of carbonyl (C=O) groups excluding carboxylic acids is 1. The van der Waals surface area contributed by atoms with Crippen molar-refractivity contribution in [2.75, 3.05) is 11.9 Å². The molecule has 0 saturated heterocycles. The van der Waals surface area contributed by atoms with E-state index in [4.69, 9.17) is 9.84 Å². The molecule has 0 amide bonds. The highest BCUT2D eigenvalue weighted by Gasteiger charge is 2.20. The van der Waals surface area contributed by atoms with Crippen molar-refractivity contribution in [3.05, 3.63) is 46.6 Å². The van der Waals surface area contributed by atoms with Crippen molar-refractivity contribution in [1.82, 2.24) is 9.97 Å². The second kappa shape index (κ2) is 8.11. The zero-order valence-corrected chi connectivity index (χ0v) is 15.6. The molecular weight excluding hydrogens is 378 g/mol. The summed E-state index contributed by atoms with van der Waals surface area (Å²) in [6.45, 7) is 3.86. The third-order valence-corrected chi connectivity index (χ3v) is 4.74. The topological polar surface area (TPSA) is 101 Å². The molecule has 2 aromatic heterocycles. The van der Waals surface area contributed by atoms with Gasteiger partial charge in [0, 0.05) is 5.69 Å². The van der Waals surface area contributed by atoms with Crippen LogP contribution >= 0.6 is 23.7 Å². The van der Waals surface area contributed by atoms with Crippen molar-refractivity contribution in [1.29, 1.82) is 0 Å². The first-order valence-corrected chi connectivity index (χ1v) is 8.34. The van der Waals surface area contributed by atoms with E-state index in [1.54, 1.807) is 19.1 Å². The van der Waals surface area contributed by atoms with Gasteiger partial charge in [0.15, 0.2) is 0 Å². The highest BCUT2D eigenvalue weighted by Crippen LogP contribution is 2.34. The molecule has 3 rings (SSSR count). The lowest BCUT2D eigenvalue weighted by Gasteiger charge is -2.08. The summed E-state index contributed by atoms with van der Waals surface area (Å²) in [4.78, 5) is 32.8. The van der Waals surface area contributed by atoms with Crippen molar-refractivity contribution < 1.29 is 19.4 Å². The third-order valence-electron chi connectivity index (χ3n) is 3.56. The Morgan fingerprint density at radius 3 is 2.77 bits per heavy atom. The van der Waals surface area contributed by atoms with Gasteiger partial charge in [0.2, 0.25) is 0 Å². The zero-order chi connectivity index (χ0) is 18.0. The number of anilines is 2. The van der Waals surface area contributed by atoms with Crippen LogP contribution in [0.2, 0.25) is 0 Å². The molecule has 0 atom stereocenters. The van der Waals surface area contributed by atoms with Crippen LogP contribution in [-0.4, -0.2) is 33.6 Å². The molecule has 0 fully saturated rings. The summed E-state index contributed by atoms with van der Waals surface area (Å²) in [5.41, 5.74) is 1.49. The number of aryl methyl sites for hydroxylation is 1. The SMILES string of the molecule is CCOC(=O)c1sc2ncnc(Nc3cccc(C(=O)O)c3)c2c1C.Cl. The number of carbonyl (C=O) groups is 2. The molecule has 9 heteroatoms. The van der Waals surface area contributed by atoms with Crippen LogP contribution in [0.1, 0.15) is 32.5 Å². The van der Waals surface area contributed by atoms with E-state index in [-0.39, 0.29) is 23.9 Å². The smallest absolute Gasteiger partial charge is 0.348 e. The molecule has 0 aliphatic heterocycles. The summed E-state index contributed by atoms with van der Waals surface area (Å²) in [5, 5.41) is 12.9. The van der Waals surface area contributed by atoms with E-state index in [9.17, 15) is 9.59 Å². The van der Waals surface area contributed by atoms with E-state index in [1.165, 1.54) is 29.8 Å². The van der Waals surface area contributed by atoms with Crippen LogP contribution in [0.4, 0.5) is 11.5 Å². The predicted octanol–water partition coefficient (Wildman–Crippen LogP) is 4.04. The Bertz CT molecular complexity index is 974. The average molecular weight is 394 g/mol. The molecule has 136 valence electrons. The lowest BCUT2D eigenvalue weighted by molar-refractivity contribution is 0.0531. The van der Waals surface area contributed by atoms with Gasteiger partial charge in [0.05, 0.1) is 17.6 Å². The number of hydrogen-bond acceptors (Lipinski definition) is 7. The molecule has 7 nitrogen and oxygen atoms in total. The van der Waals surface area contributed by atoms with Gasteiger partial charge in [0.1, 0.15) is 21.9 Å². The number of carboxylic acids is 1. The van der Waals surface area contributed by atoms with Crippen molar-refractivity contribution in [3.8, 4) is 0 Å². The minimum Gasteiger partial charge on any atom is -0.478 e. The largest absolute Gasteiger partial charge is 0.478 e. The molecule has 1 aromatic carbocycles. The maximum atomic E-state index is 12.1. The number of fused-ring (bicyclic) bond motifs is 1. The van der Waals surface area contributed by atoms with Crippen molar-refractivity contribution in [2.24, 2.45) is 0 Å². The van der Waals surface area contributed by atoms with Gasteiger partial charge >= 0.3 is 11.9 Å². The molecule has 3 aromatic rings. The second-order valence-electron chi connectivity index (χ2n) is 5.19. The minimum absolute atomic E-state index is 0. The maximum absolute atomic E-state index is 12.1. The van der Waals surface area contributed by atoms with E-state index in [1.807, 2.05) is 6.92 Å². The zero-order valence-electron chi connectivity index (χ0n) is 14.0. The number of rotatable bonds is 5. The number of thiophene rings is 1. The fraction of sp³-hybridized carbons (Fsp3) is 0.176. The molecular formula is C17H16ClN3O4S. The first-order valence-electron chi connectivity index (χ1n) is 7.52. The lowest BCUT2D eigenvalue weighted by atomic mass is 10.2. The number of hydrogen-bond donors (Lipinski definition) is 2. The van der Waals surface area contributed by atoms with E-state index < -0.39 is 5.97 Å². The molecule has 0 aliphatic rings. The highest BCUT2D eigenvalue weighted by atomic mass is 35.5. The average Bonchev–Trinajstić information content (AvgIpc) is 2.93. The Balaban J connectivity index is 0.00000243. The van der Waals surface area contributed by atoms with Crippen molar-refractivity contribution in [2.45, 2.75) is 13.8 Å². The second-order valence-corrected chi connectivity index (χ2v) is 6.19. The molecule has 0 saturated carbocycles. The minimum atomic E-state index is -1.01. The van der Waals surface area contributed by atoms with Crippen LogP contribution < -0.4 is 5.32 Å². The molecule has 0 spiro atoms. The number of carboxylic acid groups (broad SMARTS) is 1.